The van der Waals surface area contributed by atoms with E-state index in [0.29, 0.717) is 28.4 Å². The number of halogens is 2. The second-order valence-corrected chi connectivity index (χ2v) is 8.34. The Hall–Kier alpha value is -1.01. The van der Waals surface area contributed by atoms with Crippen LogP contribution >= 0.6 is 23.2 Å². The van der Waals surface area contributed by atoms with Crippen molar-refractivity contribution in [1.29, 1.82) is 0 Å². The maximum Gasteiger partial charge on any atom is 0.219 e. The quantitative estimate of drug-likeness (QED) is 0.733. The molecule has 0 spiro atoms. The Morgan fingerprint density at radius 3 is 2.37 bits per heavy atom. The minimum atomic E-state index is -0.275. The molecule has 1 aromatic rings. The van der Waals surface area contributed by atoms with Gasteiger partial charge in [0.15, 0.2) is 0 Å². The highest BCUT2D eigenvalue weighted by Crippen LogP contribution is 2.31. The van der Waals surface area contributed by atoms with Crippen molar-refractivity contribution in [2.45, 2.75) is 44.2 Å². The molecule has 0 aromatic heterocycles. The predicted octanol–water partition coefficient (Wildman–Crippen LogP) is 3.86. The molecule has 0 unspecified atom stereocenters. The van der Waals surface area contributed by atoms with Crippen molar-refractivity contribution >= 4 is 29.1 Å². The van der Waals surface area contributed by atoms with Gasteiger partial charge in [0.2, 0.25) is 5.91 Å². The summed E-state index contributed by atoms with van der Waals surface area (Å²) in [5.74, 6) is 0.893. The van der Waals surface area contributed by atoms with E-state index in [-0.39, 0.29) is 11.5 Å². The normalized spacial score (nSPS) is 21.3. The first kappa shape index (κ1) is 20.7. The number of ether oxygens (including phenoxy) is 2. The lowest BCUT2D eigenvalue weighted by molar-refractivity contribution is -0.131. The van der Waals surface area contributed by atoms with Crippen LogP contribution in [0.25, 0.3) is 0 Å². The largest absolute Gasteiger partial charge is 0.491 e. The van der Waals surface area contributed by atoms with Crippen molar-refractivity contribution in [2.24, 2.45) is 0 Å². The third-order valence-electron chi connectivity index (χ3n) is 5.96. The lowest BCUT2D eigenvalue weighted by Gasteiger charge is -2.45. The molecule has 0 radical (unpaired) electrons. The number of benzene rings is 1. The zero-order chi connectivity index (χ0) is 19.4. The molecule has 2 aliphatic heterocycles. The number of methoxy groups -OCH3 is 1. The maximum absolute atomic E-state index is 11.5. The fourth-order valence-electron chi connectivity index (χ4n) is 4.03. The highest BCUT2D eigenvalue weighted by Gasteiger charge is 2.38. The number of hydrogen-bond donors (Lipinski definition) is 0. The summed E-state index contributed by atoms with van der Waals surface area (Å²) in [6.07, 6.45) is 3.97. The van der Waals surface area contributed by atoms with E-state index in [1.807, 2.05) is 11.0 Å². The molecule has 1 amide bonds. The van der Waals surface area contributed by atoms with Crippen molar-refractivity contribution in [2.75, 3.05) is 39.9 Å². The molecule has 3 rings (SSSR count). The smallest absolute Gasteiger partial charge is 0.219 e. The van der Waals surface area contributed by atoms with Gasteiger partial charge in [0.25, 0.3) is 0 Å². The van der Waals surface area contributed by atoms with Crippen molar-refractivity contribution in [3.05, 3.63) is 28.2 Å². The Bertz CT molecular complexity index is 655. The number of carbonyl (C=O) groups excluding carboxylic acids is 1. The summed E-state index contributed by atoms with van der Waals surface area (Å²) >= 11 is 12.0. The second kappa shape index (κ2) is 8.99. The van der Waals surface area contributed by atoms with Crippen LogP contribution in [0.3, 0.4) is 0 Å². The van der Waals surface area contributed by atoms with Crippen LogP contribution in [-0.2, 0) is 9.53 Å². The number of carbonyl (C=O) groups is 1. The number of hydrogen-bond acceptors (Lipinski definition) is 4. The van der Waals surface area contributed by atoms with Crippen LogP contribution in [0, 0.1) is 0 Å². The molecule has 0 saturated carbocycles. The van der Waals surface area contributed by atoms with E-state index in [4.69, 9.17) is 32.7 Å². The SMILES string of the molecule is COC1(COc2ccc(Cl)c(Cl)c2)CCN(C2CCN(C(C)=O)CC2)CC1. The average molecular weight is 415 g/mol. The molecule has 2 heterocycles. The van der Waals surface area contributed by atoms with Gasteiger partial charge in [-0.3, -0.25) is 4.79 Å². The van der Waals surface area contributed by atoms with Gasteiger partial charge >= 0.3 is 0 Å². The number of nitrogens with zero attached hydrogens (tertiary/aromatic N) is 2. The van der Waals surface area contributed by atoms with Gasteiger partial charge in [-0.2, -0.15) is 0 Å². The van der Waals surface area contributed by atoms with Crippen LogP contribution in [-0.4, -0.2) is 67.2 Å². The molecule has 5 nitrogen and oxygen atoms in total. The van der Waals surface area contributed by atoms with Crippen molar-refractivity contribution < 1.29 is 14.3 Å². The monoisotopic (exact) mass is 414 g/mol. The molecule has 2 saturated heterocycles. The maximum atomic E-state index is 11.5. The number of rotatable bonds is 5. The van der Waals surface area contributed by atoms with E-state index in [1.54, 1.807) is 26.2 Å². The number of piperidine rings is 2. The summed E-state index contributed by atoms with van der Waals surface area (Å²) in [6, 6.07) is 5.88. The molecule has 7 heteroatoms. The first-order valence-electron chi connectivity index (χ1n) is 9.55. The molecular weight excluding hydrogens is 387 g/mol. The fraction of sp³-hybridized carbons (Fsp3) is 0.650. The number of amides is 1. The zero-order valence-electron chi connectivity index (χ0n) is 16.0. The van der Waals surface area contributed by atoms with Gasteiger partial charge in [-0.05, 0) is 37.8 Å². The van der Waals surface area contributed by atoms with Gasteiger partial charge in [-0.15, -0.1) is 0 Å². The lowest BCUT2D eigenvalue weighted by Crippen LogP contribution is -2.54. The van der Waals surface area contributed by atoms with Gasteiger partial charge in [0.1, 0.15) is 18.0 Å². The molecular formula is C20H28Cl2N2O3. The van der Waals surface area contributed by atoms with Crippen molar-refractivity contribution in [3.63, 3.8) is 0 Å². The summed E-state index contributed by atoms with van der Waals surface area (Å²) < 4.78 is 11.8. The van der Waals surface area contributed by atoms with Crippen molar-refractivity contribution in [1.82, 2.24) is 9.80 Å². The van der Waals surface area contributed by atoms with Crippen molar-refractivity contribution in [3.8, 4) is 5.75 Å². The second-order valence-electron chi connectivity index (χ2n) is 7.52. The lowest BCUT2D eigenvalue weighted by atomic mass is 9.89. The Morgan fingerprint density at radius 2 is 1.81 bits per heavy atom. The molecule has 2 fully saturated rings. The van der Waals surface area contributed by atoms with Gasteiger partial charge in [0, 0.05) is 52.3 Å². The summed E-state index contributed by atoms with van der Waals surface area (Å²) in [7, 11) is 1.76. The summed E-state index contributed by atoms with van der Waals surface area (Å²) in [6.45, 7) is 5.87. The van der Waals surface area contributed by atoms with E-state index in [2.05, 4.69) is 4.90 Å². The minimum Gasteiger partial charge on any atom is -0.491 e. The third kappa shape index (κ3) is 5.08. The van der Waals surface area contributed by atoms with Gasteiger partial charge in [-0.25, -0.2) is 0 Å². The molecule has 1 aromatic carbocycles. The first-order chi connectivity index (χ1) is 12.9. The molecule has 0 aliphatic carbocycles. The van der Waals surface area contributed by atoms with E-state index in [0.717, 1.165) is 51.9 Å². The molecule has 0 N–H and O–H groups in total. The fourth-order valence-corrected chi connectivity index (χ4v) is 4.32. The van der Waals surface area contributed by atoms with Crippen LogP contribution in [0.2, 0.25) is 10.0 Å². The summed E-state index contributed by atoms with van der Waals surface area (Å²) in [5, 5.41) is 1.02. The summed E-state index contributed by atoms with van der Waals surface area (Å²) in [5.41, 5.74) is -0.275. The molecule has 150 valence electrons. The molecule has 0 bridgehead atoms. The van der Waals surface area contributed by atoms with Crippen LogP contribution in [0.5, 0.6) is 5.75 Å². The average Bonchev–Trinajstić information content (AvgIpc) is 2.69. The molecule has 27 heavy (non-hydrogen) atoms. The minimum absolute atomic E-state index is 0.185. The Balaban J connectivity index is 1.51. The van der Waals surface area contributed by atoms with Gasteiger partial charge in [-0.1, -0.05) is 23.2 Å². The van der Waals surface area contributed by atoms with Crippen LogP contribution in [0.4, 0.5) is 0 Å². The van der Waals surface area contributed by atoms with E-state index in [9.17, 15) is 4.79 Å². The highest BCUT2D eigenvalue weighted by atomic mass is 35.5. The van der Waals surface area contributed by atoms with E-state index in [1.165, 1.54) is 0 Å². The highest BCUT2D eigenvalue weighted by molar-refractivity contribution is 6.42. The van der Waals surface area contributed by atoms with Crippen LogP contribution in [0.15, 0.2) is 18.2 Å². The predicted molar refractivity (Wildman–Crippen MR) is 108 cm³/mol. The standard InChI is InChI=1S/C20H28Cl2N2O3/c1-15(25)23-9-5-16(6-10-23)24-11-7-20(26-2,8-12-24)14-27-17-3-4-18(21)19(22)13-17/h3-4,13,16H,5-12,14H2,1-2H3. The third-order valence-corrected chi connectivity index (χ3v) is 6.70. The van der Waals surface area contributed by atoms with E-state index < -0.39 is 0 Å². The zero-order valence-corrected chi connectivity index (χ0v) is 17.6. The number of likely N-dealkylation sites (tertiary alicyclic amines) is 2. The Morgan fingerprint density at radius 1 is 1.15 bits per heavy atom. The summed E-state index contributed by atoms with van der Waals surface area (Å²) in [4.78, 5) is 16.0. The molecule has 2 aliphatic rings. The van der Waals surface area contributed by atoms with E-state index >= 15 is 0 Å². The van der Waals surface area contributed by atoms with Crippen LogP contribution in [0.1, 0.15) is 32.6 Å². The topological polar surface area (TPSA) is 42.0 Å². The van der Waals surface area contributed by atoms with Gasteiger partial charge in [0.05, 0.1) is 10.0 Å². The first-order valence-corrected chi connectivity index (χ1v) is 10.3. The van der Waals surface area contributed by atoms with Gasteiger partial charge < -0.3 is 19.3 Å². The Kier molecular flexibility index (Phi) is 6.90. The van der Waals surface area contributed by atoms with Crippen LogP contribution < -0.4 is 4.74 Å². The molecule has 0 atom stereocenters. The Labute approximate surface area is 171 Å².